The molecule has 7 nitrogen and oxygen atoms in total. The maximum atomic E-state index is 10.6. The number of benzene rings is 1. The minimum Gasteiger partial charge on any atom is -0.481 e. The second-order valence-corrected chi connectivity index (χ2v) is 6.17. The lowest BCUT2D eigenvalue weighted by Crippen LogP contribution is -1.97. The van der Waals surface area contributed by atoms with Crippen molar-refractivity contribution in [2.45, 2.75) is 19.0 Å². The molecule has 1 aromatic carbocycles. The summed E-state index contributed by atoms with van der Waals surface area (Å²) in [6.07, 6.45) is 1.76. The van der Waals surface area contributed by atoms with E-state index in [-0.39, 0.29) is 5.75 Å². The molecule has 2 N–H and O–H groups in total. The van der Waals surface area contributed by atoms with Gasteiger partial charge < -0.3 is 9.52 Å². The molecular formula is C19H18N4O3S. The van der Waals surface area contributed by atoms with E-state index in [9.17, 15) is 4.79 Å². The van der Waals surface area contributed by atoms with E-state index in [1.54, 1.807) is 12.3 Å². The Bertz CT molecular complexity index is 1060. The van der Waals surface area contributed by atoms with Crippen LogP contribution in [0.2, 0.25) is 0 Å². The number of carbonyl (C=O) groups is 1. The first-order valence-corrected chi connectivity index (χ1v) is 9.40. The van der Waals surface area contributed by atoms with Gasteiger partial charge in [0.25, 0.3) is 0 Å². The molecule has 0 aliphatic heterocycles. The van der Waals surface area contributed by atoms with Crippen LogP contribution in [-0.4, -0.2) is 37.0 Å². The van der Waals surface area contributed by atoms with E-state index in [4.69, 9.17) is 9.52 Å². The molecule has 3 heterocycles. The first kappa shape index (κ1) is 18.7. The predicted molar refractivity (Wildman–Crippen MR) is 105 cm³/mol. The van der Waals surface area contributed by atoms with Gasteiger partial charge in [-0.05, 0) is 24.3 Å². The molecule has 0 spiro atoms. The summed E-state index contributed by atoms with van der Waals surface area (Å²) < 4.78 is 5.84. The molecule has 27 heavy (non-hydrogen) atoms. The van der Waals surface area contributed by atoms with Crippen LogP contribution in [0.3, 0.4) is 0 Å². The molecule has 4 rings (SSSR count). The zero-order valence-electron chi connectivity index (χ0n) is 14.8. The monoisotopic (exact) mass is 382 g/mol. The molecule has 0 bridgehead atoms. The van der Waals surface area contributed by atoms with Crippen molar-refractivity contribution in [1.82, 2.24) is 20.2 Å². The van der Waals surface area contributed by atoms with Gasteiger partial charge in [-0.15, -0.1) is 5.10 Å². The molecule has 4 aromatic rings. The standard InChI is InChI=1S/C17H12N4O3S.C2H6/c22-15(23)9-25-17-19-16(20-21-17)14-6-5-13(24-14)11-7-10-3-1-2-4-12(10)18-8-11;1-2/h1-8H,9H2,(H,22,23)(H,19,20,21);1-2H3. The van der Waals surface area contributed by atoms with Crippen LogP contribution in [-0.2, 0) is 4.79 Å². The second kappa shape index (κ2) is 8.50. The maximum Gasteiger partial charge on any atom is 0.313 e. The molecule has 0 aliphatic rings. The smallest absolute Gasteiger partial charge is 0.313 e. The lowest BCUT2D eigenvalue weighted by atomic mass is 10.1. The molecule has 138 valence electrons. The van der Waals surface area contributed by atoms with Gasteiger partial charge in [0, 0.05) is 17.1 Å². The van der Waals surface area contributed by atoms with Gasteiger partial charge in [-0.1, -0.05) is 43.8 Å². The summed E-state index contributed by atoms with van der Waals surface area (Å²) in [7, 11) is 0. The quantitative estimate of drug-likeness (QED) is 0.490. The Balaban J connectivity index is 0.00000102. The summed E-state index contributed by atoms with van der Waals surface area (Å²) in [5.74, 6) is 0.638. The van der Waals surface area contributed by atoms with Gasteiger partial charge in [0.2, 0.25) is 5.16 Å². The molecule has 0 saturated carbocycles. The van der Waals surface area contributed by atoms with E-state index >= 15 is 0 Å². The largest absolute Gasteiger partial charge is 0.481 e. The summed E-state index contributed by atoms with van der Waals surface area (Å²) in [5.41, 5.74) is 1.79. The highest BCUT2D eigenvalue weighted by molar-refractivity contribution is 7.99. The highest BCUT2D eigenvalue weighted by Gasteiger charge is 2.13. The average molecular weight is 382 g/mol. The molecule has 0 amide bonds. The normalized spacial score (nSPS) is 10.4. The van der Waals surface area contributed by atoms with Gasteiger partial charge in [-0.3, -0.25) is 14.9 Å². The number of rotatable bonds is 5. The van der Waals surface area contributed by atoms with Crippen molar-refractivity contribution in [2.75, 3.05) is 5.75 Å². The highest BCUT2D eigenvalue weighted by Crippen LogP contribution is 2.28. The Morgan fingerprint density at radius 2 is 1.96 bits per heavy atom. The van der Waals surface area contributed by atoms with Gasteiger partial charge in [0.15, 0.2) is 11.6 Å². The summed E-state index contributed by atoms with van der Waals surface area (Å²) in [6, 6.07) is 13.5. The van der Waals surface area contributed by atoms with Crippen molar-refractivity contribution in [3.63, 3.8) is 0 Å². The zero-order chi connectivity index (χ0) is 19.2. The fourth-order valence-corrected chi connectivity index (χ4v) is 2.89. The summed E-state index contributed by atoms with van der Waals surface area (Å²) >= 11 is 1.04. The van der Waals surface area contributed by atoms with Crippen LogP contribution in [0.1, 0.15) is 13.8 Å². The van der Waals surface area contributed by atoms with E-state index in [0.717, 1.165) is 28.2 Å². The van der Waals surface area contributed by atoms with Crippen LogP contribution in [0.4, 0.5) is 0 Å². The van der Waals surface area contributed by atoms with Crippen LogP contribution >= 0.6 is 11.8 Å². The Morgan fingerprint density at radius 3 is 2.78 bits per heavy atom. The zero-order valence-corrected chi connectivity index (χ0v) is 15.7. The number of pyridine rings is 1. The third-order valence-electron chi connectivity index (χ3n) is 3.50. The van der Waals surface area contributed by atoms with Gasteiger partial charge in [0.1, 0.15) is 5.76 Å². The summed E-state index contributed by atoms with van der Waals surface area (Å²) in [4.78, 5) is 19.3. The second-order valence-electron chi connectivity index (χ2n) is 5.23. The fourth-order valence-electron chi connectivity index (χ4n) is 2.37. The number of carboxylic acid groups (broad SMARTS) is 1. The SMILES string of the molecule is CC.O=C(O)CSc1n[nH]c(-c2ccc(-c3cnc4ccccc4c3)o2)n1. The number of hydrogen-bond acceptors (Lipinski definition) is 6. The number of furan rings is 1. The minimum absolute atomic E-state index is 0.0938. The number of nitrogens with one attached hydrogen (secondary N) is 1. The minimum atomic E-state index is -0.916. The number of H-pyrrole nitrogens is 1. The van der Waals surface area contributed by atoms with Gasteiger partial charge in [-0.2, -0.15) is 4.98 Å². The van der Waals surface area contributed by atoms with Gasteiger partial charge in [-0.25, -0.2) is 0 Å². The van der Waals surface area contributed by atoms with Gasteiger partial charge in [0.05, 0.1) is 11.3 Å². The van der Waals surface area contributed by atoms with Crippen molar-refractivity contribution in [3.8, 4) is 22.9 Å². The molecule has 0 unspecified atom stereocenters. The lowest BCUT2D eigenvalue weighted by molar-refractivity contribution is -0.133. The predicted octanol–water partition coefficient (Wildman–Crippen LogP) is 4.48. The molecule has 0 aliphatic carbocycles. The third-order valence-corrected chi connectivity index (χ3v) is 4.34. The van der Waals surface area contributed by atoms with Crippen LogP contribution < -0.4 is 0 Å². The maximum absolute atomic E-state index is 10.6. The first-order valence-electron chi connectivity index (χ1n) is 8.41. The van der Waals surface area contributed by atoms with Crippen molar-refractivity contribution in [1.29, 1.82) is 0 Å². The van der Waals surface area contributed by atoms with Crippen LogP contribution in [0.25, 0.3) is 33.8 Å². The Hall–Kier alpha value is -3.13. The van der Waals surface area contributed by atoms with Crippen molar-refractivity contribution in [3.05, 3.63) is 48.7 Å². The number of nitrogens with zero attached hydrogens (tertiary/aromatic N) is 3. The fraction of sp³-hybridized carbons (Fsp3) is 0.158. The molecule has 0 fully saturated rings. The third kappa shape index (κ3) is 4.35. The van der Waals surface area contributed by atoms with Crippen molar-refractivity contribution in [2.24, 2.45) is 0 Å². The number of aliphatic carboxylic acids is 1. The summed E-state index contributed by atoms with van der Waals surface area (Å²) in [5, 5.41) is 16.8. The van der Waals surface area contributed by atoms with Crippen molar-refractivity contribution >= 4 is 28.6 Å². The Morgan fingerprint density at radius 1 is 1.19 bits per heavy atom. The summed E-state index contributed by atoms with van der Waals surface area (Å²) in [6.45, 7) is 4.00. The molecule has 0 atom stereocenters. The topological polar surface area (TPSA) is 105 Å². The number of para-hydroxylation sites is 1. The lowest BCUT2D eigenvalue weighted by Gasteiger charge is -2.00. The molecule has 3 aromatic heterocycles. The first-order chi connectivity index (χ1) is 13.2. The highest BCUT2D eigenvalue weighted by atomic mass is 32.2. The van der Waals surface area contributed by atoms with Crippen LogP contribution in [0.15, 0.2) is 58.2 Å². The van der Waals surface area contributed by atoms with E-state index in [1.165, 1.54) is 0 Å². The number of aromatic amines is 1. The van der Waals surface area contributed by atoms with E-state index in [0.29, 0.717) is 22.5 Å². The van der Waals surface area contributed by atoms with E-state index < -0.39 is 5.97 Å². The Kier molecular flexibility index (Phi) is 5.87. The van der Waals surface area contributed by atoms with Crippen LogP contribution in [0, 0.1) is 0 Å². The molecular weight excluding hydrogens is 364 g/mol. The van der Waals surface area contributed by atoms with Crippen molar-refractivity contribution < 1.29 is 14.3 Å². The number of carboxylic acids is 1. The molecule has 0 radical (unpaired) electrons. The number of aromatic nitrogens is 4. The average Bonchev–Trinajstić information content (AvgIpc) is 3.37. The number of fused-ring (bicyclic) bond motifs is 1. The van der Waals surface area contributed by atoms with E-state index in [1.807, 2.05) is 50.2 Å². The Labute approximate surface area is 159 Å². The van der Waals surface area contributed by atoms with Gasteiger partial charge >= 0.3 is 5.97 Å². The van der Waals surface area contributed by atoms with E-state index in [2.05, 4.69) is 20.2 Å². The number of hydrogen-bond donors (Lipinski definition) is 2. The molecule has 0 saturated heterocycles. The molecule has 8 heteroatoms. The van der Waals surface area contributed by atoms with Crippen LogP contribution in [0.5, 0.6) is 0 Å². The number of thioether (sulfide) groups is 1.